The highest BCUT2D eigenvalue weighted by Crippen LogP contribution is 2.19. The van der Waals surface area contributed by atoms with Gasteiger partial charge in [-0.25, -0.2) is 5.43 Å². The van der Waals surface area contributed by atoms with Crippen molar-refractivity contribution in [3.8, 4) is 5.75 Å². The van der Waals surface area contributed by atoms with Gasteiger partial charge in [0.05, 0.1) is 6.21 Å². The highest BCUT2D eigenvalue weighted by Gasteiger charge is 2.03. The standard InChI is InChI=1S/C17H18IN3O2/c1-21(2)14-7-5-8-15(10-14)23-12-17(22)20-19-11-13-6-3-4-9-16(13)18/h3-11H,12H2,1-2H3,(H,20,22)/b19-11+. The molecule has 0 radical (unpaired) electrons. The van der Waals surface area contributed by atoms with E-state index >= 15 is 0 Å². The first-order valence-electron chi connectivity index (χ1n) is 7.03. The number of nitrogens with zero attached hydrogens (tertiary/aromatic N) is 2. The fourth-order valence-electron chi connectivity index (χ4n) is 1.79. The van der Waals surface area contributed by atoms with Crippen molar-refractivity contribution in [3.05, 3.63) is 57.7 Å². The Kier molecular flexibility index (Phi) is 6.40. The lowest BCUT2D eigenvalue weighted by molar-refractivity contribution is -0.123. The zero-order valence-electron chi connectivity index (χ0n) is 13.0. The van der Waals surface area contributed by atoms with Gasteiger partial charge in [0.25, 0.3) is 5.91 Å². The lowest BCUT2D eigenvalue weighted by Gasteiger charge is -2.13. The molecule has 2 aromatic rings. The van der Waals surface area contributed by atoms with E-state index in [1.54, 1.807) is 6.21 Å². The number of carbonyl (C=O) groups is 1. The van der Waals surface area contributed by atoms with E-state index in [1.807, 2.05) is 67.5 Å². The fourth-order valence-corrected chi connectivity index (χ4v) is 2.31. The lowest BCUT2D eigenvalue weighted by Crippen LogP contribution is -2.24. The van der Waals surface area contributed by atoms with Crippen LogP contribution in [-0.4, -0.2) is 32.8 Å². The minimum atomic E-state index is -0.303. The van der Waals surface area contributed by atoms with Gasteiger partial charge in [-0.3, -0.25) is 4.79 Å². The summed E-state index contributed by atoms with van der Waals surface area (Å²) in [5, 5.41) is 3.94. The van der Waals surface area contributed by atoms with E-state index in [2.05, 4.69) is 33.1 Å². The number of hydrazone groups is 1. The molecule has 0 bridgehead atoms. The summed E-state index contributed by atoms with van der Waals surface area (Å²) in [5.41, 5.74) is 4.42. The molecule has 0 atom stereocenters. The van der Waals surface area contributed by atoms with Gasteiger partial charge < -0.3 is 9.64 Å². The molecular weight excluding hydrogens is 405 g/mol. The highest BCUT2D eigenvalue weighted by atomic mass is 127. The summed E-state index contributed by atoms with van der Waals surface area (Å²) >= 11 is 2.22. The van der Waals surface area contributed by atoms with Crippen molar-refractivity contribution < 1.29 is 9.53 Å². The number of ether oxygens (including phenoxy) is 1. The molecule has 120 valence electrons. The van der Waals surface area contributed by atoms with E-state index in [9.17, 15) is 4.79 Å². The van der Waals surface area contributed by atoms with Crippen LogP contribution in [0.15, 0.2) is 53.6 Å². The summed E-state index contributed by atoms with van der Waals surface area (Å²) in [6.07, 6.45) is 1.62. The van der Waals surface area contributed by atoms with Crippen molar-refractivity contribution in [1.29, 1.82) is 0 Å². The second-order valence-electron chi connectivity index (χ2n) is 5.00. The SMILES string of the molecule is CN(C)c1cccc(OCC(=O)N/N=C/c2ccccc2I)c1. The molecule has 0 fully saturated rings. The van der Waals surface area contributed by atoms with Gasteiger partial charge in [0.2, 0.25) is 0 Å². The van der Waals surface area contributed by atoms with Crippen molar-refractivity contribution in [2.24, 2.45) is 5.10 Å². The molecule has 1 amide bonds. The average Bonchev–Trinajstić information content (AvgIpc) is 2.55. The van der Waals surface area contributed by atoms with Crippen LogP contribution < -0.4 is 15.1 Å². The molecule has 2 rings (SSSR count). The van der Waals surface area contributed by atoms with Crippen LogP contribution in [0.2, 0.25) is 0 Å². The van der Waals surface area contributed by atoms with Crippen molar-refractivity contribution >= 4 is 40.4 Å². The second-order valence-corrected chi connectivity index (χ2v) is 6.16. The van der Waals surface area contributed by atoms with Gasteiger partial charge in [0, 0.05) is 35.0 Å². The minimum Gasteiger partial charge on any atom is -0.484 e. The number of amides is 1. The normalized spacial score (nSPS) is 10.6. The maximum atomic E-state index is 11.7. The number of rotatable bonds is 6. The van der Waals surface area contributed by atoms with Gasteiger partial charge in [-0.15, -0.1) is 0 Å². The Labute approximate surface area is 149 Å². The number of hydrogen-bond acceptors (Lipinski definition) is 4. The molecule has 6 heteroatoms. The van der Waals surface area contributed by atoms with Crippen molar-refractivity contribution in [1.82, 2.24) is 5.43 Å². The molecule has 0 aliphatic rings. The maximum absolute atomic E-state index is 11.7. The summed E-state index contributed by atoms with van der Waals surface area (Å²) in [6, 6.07) is 15.3. The van der Waals surface area contributed by atoms with Crippen molar-refractivity contribution in [2.75, 3.05) is 25.6 Å². The number of benzene rings is 2. The predicted molar refractivity (Wildman–Crippen MR) is 101 cm³/mol. The molecule has 0 spiro atoms. The van der Waals surface area contributed by atoms with E-state index in [-0.39, 0.29) is 12.5 Å². The number of halogens is 1. The topological polar surface area (TPSA) is 53.9 Å². The maximum Gasteiger partial charge on any atom is 0.277 e. The van der Waals surface area contributed by atoms with E-state index in [1.165, 1.54) is 0 Å². The Morgan fingerprint density at radius 1 is 1.26 bits per heavy atom. The Bertz CT molecular complexity index is 702. The van der Waals surface area contributed by atoms with Gasteiger partial charge in [0.1, 0.15) is 5.75 Å². The smallest absolute Gasteiger partial charge is 0.277 e. The van der Waals surface area contributed by atoms with E-state index in [4.69, 9.17) is 4.74 Å². The van der Waals surface area contributed by atoms with Crippen LogP contribution in [0.5, 0.6) is 5.75 Å². The Morgan fingerprint density at radius 3 is 2.78 bits per heavy atom. The zero-order chi connectivity index (χ0) is 16.7. The fraction of sp³-hybridized carbons (Fsp3) is 0.176. The average molecular weight is 423 g/mol. The molecule has 0 unspecified atom stereocenters. The van der Waals surface area contributed by atoms with Crippen LogP contribution in [0.1, 0.15) is 5.56 Å². The second kappa shape index (κ2) is 8.52. The predicted octanol–water partition coefficient (Wildman–Crippen LogP) is 2.89. The number of anilines is 1. The van der Waals surface area contributed by atoms with E-state index < -0.39 is 0 Å². The van der Waals surface area contributed by atoms with Gasteiger partial charge >= 0.3 is 0 Å². The van der Waals surface area contributed by atoms with Gasteiger partial charge in [-0.1, -0.05) is 24.3 Å². The molecule has 0 aromatic heterocycles. The molecular formula is C17H18IN3O2. The molecule has 0 aliphatic heterocycles. The first kappa shape index (κ1) is 17.3. The third-order valence-electron chi connectivity index (χ3n) is 3.00. The van der Waals surface area contributed by atoms with Gasteiger partial charge in [-0.2, -0.15) is 5.10 Å². The number of carbonyl (C=O) groups excluding carboxylic acids is 1. The molecule has 0 saturated heterocycles. The Hall–Kier alpha value is -2.09. The third kappa shape index (κ3) is 5.55. The number of hydrogen-bond donors (Lipinski definition) is 1. The molecule has 1 N–H and O–H groups in total. The van der Waals surface area contributed by atoms with Crippen molar-refractivity contribution in [3.63, 3.8) is 0 Å². The summed E-state index contributed by atoms with van der Waals surface area (Å²) in [6.45, 7) is -0.0832. The van der Waals surface area contributed by atoms with E-state index in [0.29, 0.717) is 5.75 Å². The Balaban J connectivity index is 1.84. The third-order valence-corrected chi connectivity index (χ3v) is 3.98. The van der Waals surface area contributed by atoms with Crippen LogP contribution in [0.3, 0.4) is 0 Å². The van der Waals surface area contributed by atoms with Crippen LogP contribution in [0, 0.1) is 3.57 Å². The molecule has 0 saturated carbocycles. The largest absolute Gasteiger partial charge is 0.484 e. The zero-order valence-corrected chi connectivity index (χ0v) is 15.1. The first-order chi connectivity index (χ1) is 11.1. The quantitative estimate of drug-likeness (QED) is 0.442. The van der Waals surface area contributed by atoms with Crippen molar-refractivity contribution in [2.45, 2.75) is 0 Å². The van der Waals surface area contributed by atoms with Crippen LogP contribution >= 0.6 is 22.6 Å². The van der Waals surface area contributed by atoms with Crippen LogP contribution in [0.4, 0.5) is 5.69 Å². The molecule has 0 aliphatic carbocycles. The van der Waals surface area contributed by atoms with E-state index in [0.717, 1.165) is 14.8 Å². The van der Waals surface area contributed by atoms with Crippen LogP contribution in [0.25, 0.3) is 0 Å². The van der Waals surface area contributed by atoms with Gasteiger partial charge in [-0.05, 0) is 40.8 Å². The molecule has 0 heterocycles. The van der Waals surface area contributed by atoms with Gasteiger partial charge in [0.15, 0.2) is 6.61 Å². The monoisotopic (exact) mass is 423 g/mol. The highest BCUT2D eigenvalue weighted by molar-refractivity contribution is 14.1. The summed E-state index contributed by atoms with van der Waals surface area (Å²) in [5.74, 6) is 0.343. The molecule has 2 aromatic carbocycles. The first-order valence-corrected chi connectivity index (χ1v) is 8.11. The summed E-state index contributed by atoms with van der Waals surface area (Å²) in [4.78, 5) is 13.7. The molecule has 5 nitrogen and oxygen atoms in total. The van der Waals surface area contributed by atoms with Crippen LogP contribution in [-0.2, 0) is 4.79 Å². The summed E-state index contributed by atoms with van der Waals surface area (Å²) in [7, 11) is 3.90. The molecule has 23 heavy (non-hydrogen) atoms. The lowest BCUT2D eigenvalue weighted by atomic mass is 10.2. The number of nitrogens with one attached hydrogen (secondary N) is 1. The Morgan fingerprint density at radius 2 is 2.04 bits per heavy atom. The summed E-state index contributed by atoms with van der Waals surface area (Å²) < 4.78 is 6.54. The minimum absolute atomic E-state index is 0.0832.